The van der Waals surface area contributed by atoms with E-state index in [1.807, 2.05) is 6.92 Å². The van der Waals surface area contributed by atoms with E-state index in [1.54, 1.807) is 0 Å². The van der Waals surface area contributed by atoms with E-state index < -0.39 is 0 Å². The van der Waals surface area contributed by atoms with Crippen molar-refractivity contribution < 1.29 is 0 Å². The van der Waals surface area contributed by atoms with Gasteiger partial charge in [-0.25, -0.2) is 0 Å². The number of hydrogen-bond donors (Lipinski definition) is 1. The topological polar surface area (TPSA) is 42.3 Å². The summed E-state index contributed by atoms with van der Waals surface area (Å²) >= 11 is 0. The van der Waals surface area contributed by atoms with Crippen molar-refractivity contribution in [1.29, 1.82) is 5.26 Å². The fraction of sp³-hybridized carbons (Fsp3) is 0.941. The lowest BCUT2D eigenvalue weighted by molar-refractivity contribution is 0.230. The maximum atomic E-state index is 9.25. The first-order valence-electron chi connectivity index (χ1n) is 8.79. The summed E-state index contributed by atoms with van der Waals surface area (Å²) in [7, 11) is 0. The van der Waals surface area contributed by atoms with Crippen molar-refractivity contribution in [3.63, 3.8) is 0 Å². The highest BCUT2D eigenvalue weighted by atomic mass is 15.3. The van der Waals surface area contributed by atoms with Crippen LogP contribution in [0.5, 0.6) is 0 Å². The smallest absolute Gasteiger partial charge is 0.103 e. The highest BCUT2D eigenvalue weighted by Crippen LogP contribution is 2.21. The van der Waals surface area contributed by atoms with Crippen LogP contribution in [0.15, 0.2) is 0 Å². The summed E-state index contributed by atoms with van der Waals surface area (Å²) in [6, 6.07) is 3.24. The molecule has 0 amide bonds. The Balaban J connectivity index is 1.60. The summed E-state index contributed by atoms with van der Waals surface area (Å²) in [6.07, 6.45) is 7.46. The van der Waals surface area contributed by atoms with Gasteiger partial charge in [0.15, 0.2) is 0 Å². The molecule has 4 nitrogen and oxygen atoms in total. The molecule has 0 aliphatic carbocycles. The third-order valence-corrected chi connectivity index (χ3v) is 5.12. The van der Waals surface area contributed by atoms with Crippen LogP contribution in [0.3, 0.4) is 0 Å². The molecule has 0 aromatic heterocycles. The van der Waals surface area contributed by atoms with Gasteiger partial charge < -0.3 is 4.90 Å². The van der Waals surface area contributed by atoms with Gasteiger partial charge in [0, 0.05) is 12.6 Å². The highest BCUT2D eigenvalue weighted by Gasteiger charge is 2.29. The first-order chi connectivity index (χ1) is 10.2. The van der Waals surface area contributed by atoms with Gasteiger partial charge in [-0.2, -0.15) is 5.26 Å². The molecule has 2 saturated heterocycles. The van der Waals surface area contributed by atoms with Crippen molar-refractivity contribution in [3.05, 3.63) is 0 Å². The zero-order valence-electron chi connectivity index (χ0n) is 13.9. The SMILES string of the molecule is CCNC(C)(C#N)CCCCN1CCC(N2CCCC2)C1. The monoisotopic (exact) mass is 292 g/mol. The number of nitriles is 1. The van der Waals surface area contributed by atoms with Crippen LogP contribution in [0.2, 0.25) is 0 Å². The van der Waals surface area contributed by atoms with Gasteiger partial charge in [-0.05, 0) is 78.2 Å². The zero-order valence-corrected chi connectivity index (χ0v) is 13.9. The Hall–Kier alpha value is -0.630. The van der Waals surface area contributed by atoms with E-state index >= 15 is 0 Å². The minimum absolute atomic E-state index is 0.335. The fourth-order valence-electron chi connectivity index (χ4n) is 3.81. The molecule has 4 heteroatoms. The number of rotatable bonds is 8. The van der Waals surface area contributed by atoms with Crippen molar-refractivity contribution >= 4 is 0 Å². The molecule has 2 aliphatic rings. The lowest BCUT2D eigenvalue weighted by Crippen LogP contribution is -2.40. The van der Waals surface area contributed by atoms with Crippen LogP contribution in [0.25, 0.3) is 0 Å². The molecule has 2 rings (SSSR count). The molecule has 0 bridgehead atoms. The van der Waals surface area contributed by atoms with E-state index in [-0.39, 0.29) is 5.54 Å². The molecule has 0 aromatic rings. The number of nitrogens with one attached hydrogen (secondary N) is 1. The number of likely N-dealkylation sites (tertiary alicyclic amines) is 2. The van der Waals surface area contributed by atoms with Crippen molar-refractivity contribution in [1.82, 2.24) is 15.1 Å². The van der Waals surface area contributed by atoms with E-state index in [0.29, 0.717) is 0 Å². The lowest BCUT2D eigenvalue weighted by Gasteiger charge is -2.24. The molecule has 1 N–H and O–H groups in total. The predicted octanol–water partition coefficient (Wildman–Crippen LogP) is 2.22. The van der Waals surface area contributed by atoms with Gasteiger partial charge in [-0.15, -0.1) is 0 Å². The Bertz CT molecular complexity index is 345. The van der Waals surface area contributed by atoms with Crippen LogP contribution in [-0.4, -0.2) is 60.6 Å². The molecule has 2 unspecified atom stereocenters. The minimum Gasteiger partial charge on any atom is -0.302 e. The normalized spacial score (nSPS) is 26.8. The number of hydrogen-bond acceptors (Lipinski definition) is 4. The standard InChI is InChI=1S/C17H32N4/c1-3-19-17(2,15-18)9-4-5-10-20-13-8-16(14-20)21-11-6-7-12-21/h16,19H,3-14H2,1-2H3. The van der Waals surface area contributed by atoms with Crippen molar-refractivity contribution in [2.45, 2.75) is 64.0 Å². The van der Waals surface area contributed by atoms with Crippen LogP contribution in [0, 0.1) is 11.3 Å². The van der Waals surface area contributed by atoms with E-state index in [1.165, 1.54) is 58.4 Å². The Morgan fingerprint density at radius 3 is 2.67 bits per heavy atom. The summed E-state index contributed by atoms with van der Waals surface area (Å²) in [5.74, 6) is 0. The number of unbranched alkanes of at least 4 members (excludes halogenated alkanes) is 1. The van der Waals surface area contributed by atoms with Crippen molar-refractivity contribution in [3.8, 4) is 6.07 Å². The molecule has 0 radical (unpaired) electrons. The Morgan fingerprint density at radius 2 is 2.00 bits per heavy atom. The molecular weight excluding hydrogens is 260 g/mol. The third-order valence-electron chi connectivity index (χ3n) is 5.12. The zero-order chi connectivity index (χ0) is 15.1. The fourth-order valence-corrected chi connectivity index (χ4v) is 3.81. The first kappa shape index (κ1) is 16.7. The average molecular weight is 292 g/mol. The van der Waals surface area contributed by atoms with E-state index in [4.69, 9.17) is 0 Å². The van der Waals surface area contributed by atoms with Gasteiger partial charge in [0.1, 0.15) is 5.54 Å². The van der Waals surface area contributed by atoms with Crippen LogP contribution in [-0.2, 0) is 0 Å². The molecule has 2 atom stereocenters. The van der Waals surface area contributed by atoms with Gasteiger partial charge in [-0.3, -0.25) is 10.2 Å². The molecular formula is C17H32N4. The molecule has 0 saturated carbocycles. The second-order valence-corrected chi connectivity index (χ2v) is 6.92. The Morgan fingerprint density at radius 1 is 1.24 bits per heavy atom. The van der Waals surface area contributed by atoms with Gasteiger partial charge in [0.2, 0.25) is 0 Å². The summed E-state index contributed by atoms with van der Waals surface area (Å²) in [6.45, 7) is 11.3. The molecule has 21 heavy (non-hydrogen) atoms. The van der Waals surface area contributed by atoms with Gasteiger partial charge in [0.25, 0.3) is 0 Å². The maximum absolute atomic E-state index is 9.25. The molecule has 2 heterocycles. The Labute approximate surface area is 130 Å². The van der Waals surface area contributed by atoms with Gasteiger partial charge in [0.05, 0.1) is 6.07 Å². The van der Waals surface area contributed by atoms with Crippen LogP contribution >= 0.6 is 0 Å². The lowest BCUT2D eigenvalue weighted by atomic mass is 9.96. The summed E-state index contributed by atoms with van der Waals surface area (Å²) in [5.41, 5.74) is -0.335. The molecule has 0 spiro atoms. The second-order valence-electron chi connectivity index (χ2n) is 6.92. The van der Waals surface area contributed by atoms with Gasteiger partial charge in [-0.1, -0.05) is 6.92 Å². The molecule has 120 valence electrons. The number of nitrogens with zero attached hydrogens (tertiary/aromatic N) is 3. The highest BCUT2D eigenvalue weighted by molar-refractivity contribution is 5.03. The summed E-state index contributed by atoms with van der Waals surface area (Å²) in [5, 5.41) is 12.6. The summed E-state index contributed by atoms with van der Waals surface area (Å²) < 4.78 is 0. The predicted molar refractivity (Wildman–Crippen MR) is 87.2 cm³/mol. The third kappa shape index (κ3) is 4.95. The van der Waals surface area contributed by atoms with E-state index in [9.17, 15) is 5.26 Å². The quantitative estimate of drug-likeness (QED) is 0.697. The molecule has 0 aromatic carbocycles. The largest absolute Gasteiger partial charge is 0.302 e. The first-order valence-corrected chi connectivity index (χ1v) is 8.79. The van der Waals surface area contributed by atoms with E-state index in [2.05, 4.69) is 28.1 Å². The van der Waals surface area contributed by atoms with Crippen molar-refractivity contribution in [2.24, 2.45) is 0 Å². The van der Waals surface area contributed by atoms with Gasteiger partial charge >= 0.3 is 0 Å². The average Bonchev–Trinajstić information content (AvgIpc) is 3.14. The van der Waals surface area contributed by atoms with Crippen molar-refractivity contribution in [2.75, 3.05) is 39.3 Å². The second kappa shape index (κ2) is 8.12. The molecule has 2 fully saturated rings. The van der Waals surface area contributed by atoms with E-state index in [0.717, 1.165) is 25.4 Å². The van der Waals surface area contributed by atoms with Crippen LogP contribution in [0.4, 0.5) is 0 Å². The maximum Gasteiger partial charge on any atom is 0.103 e. The summed E-state index contributed by atoms with van der Waals surface area (Å²) in [4.78, 5) is 5.32. The Kier molecular flexibility index (Phi) is 6.47. The van der Waals surface area contributed by atoms with Crippen LogP contribution in [0.1, 0.15) is 52.4 Å². The molecule has 2 aliphatic heterocycles. The van der Waals surface area contributed by atoms with Crippen LogP contribution < -0.4 is 5.32 Å². The minimum atomic E-state index is -0.335.